The molecular weight excluding hydrogens is 266 g/mol. The smallest absolute Gasteiger partial charge is 0.257 e. The first-order valence-electron chi connectivity index (χ1n) is 6.49. The fourth-order valence-corrected chi connectivity index (χ4v) is 2.99. The van der Waals surface area contributed by atoms with Crippen LogP contribution < -0.4 is 10.5 Å². The van der Waals surface area contributed by atoms with Crippen LogP contribution in [0.2, 0.25) is 0 Å². The van der Waals surface area contributed by atoms with Gasteiger partial charge in [-0.25, -0.2) is 13.1 Å². The van der Waals surface area contributed by atoms with Crippen LogP contribution in [0.3, 0.4) is 0 Å². The topological polar surface area (TPSA) is 104 Å². The summed E-state index contributed by atoms with van der Waals surface area (Å²) in [5.41, 5.74) is 5.96. The van der Waals surface area contributed by atoms with Gasteiger partial charge >= 0.3 is 0 Å². The molecule has 0 spiro atoms. The first-order chi connectivity index (χ1) is 9.05. The molecule has 110 valence electrons. The van der Waals surface area contributed by atoms with Crippen LogP contribution in [-0.4, -0.2) is 49.7 Å². The molecule has 1 aromatic rings. The van der Waals surface area contributed by atoms with E-state index in [1.807, 2.05) is 0 Å². The number of hydrogen-bond donors (Lipinski definition) is 3. The van der Waals surface area contributed by atoms with Crippen molar-refractivity contribution < 1.29 is 8.42 Å². The van der Waals surface area contributed by atoms with Crippen LogP contribution in [0.25, 0.3) is 0 Å². The number of hydrogen-bond acceptors (Lipinski definition) is 5. The number of rotatable bonds is 9. The van der Waals surface area contributed by atoms with Crippen molar-refractivity contribution in [3.63, 3.8) is 0 Å². The predicted molar refractivity (Wildman–Crippen MR) is 74.1 cm³/mol. The van der Waals surface area contributed by atoms with E-state index in [9.17, 15) is 8.42 Å². The molecule has 7 nitrogen and oxygen atoms in total. The minimum Gasteiger partial charge on any atom is -0.326 e. The quantitative estimate of drug-likeness (QED) is 0.588. The van der Waals surface area contributed by atoms with Gasteiger partial charge in [-0.15, -0.1) is 0 Å². The van der Waals surface area contributed by atoms with Gasteiger partial charge in [-0.1, -0.05) is 13.8 Å². The van der Waals surface area contributed by atoms with E-state index < -0.39 is 10.0 Å². The highest BCUT2D eigenvalue weighted by molar-refractivity contribution is 7.89. The van der Waals surface area contributed by atoms with E-state index in [1.165, 1.54) is 6.20 Å². The van der Waals surface area contributed by atoms with Crippen LogP contribution in [0.4, 0.5) is 0 Å². The molecule has 0 saturated carbocycles. The Morgan fingerprint density at radius 2 is 2.16 bits per heavy atom. The van der Waals surface area contributed by atoms with Crippen molar-refractivity contribution in [1.29, 1.82) is 0 Å². The van der Waals surface area contributed by atoms with E-state index in [4.69, 9.17) is 5.73 Å². The first kappa shape index (κ1) is 16.1. The Morgan fingerprint density at radius 1 is 1.42 bits per heavy atom. The summed E-state index contributed by atoms with van der Waals surface area (Å²) < 4.78 is 26.7. The van der Waals surface area contributed by atoms with Crippen molar-refractivity contribution in [3.05, 3.63) is 11.8 Å². The monoisotopic (exact) mass is 289 g/mol. The summed E-state index contributed by atoms with van der Waals surface area (Å²) in [6.45, 7) is 7.25. The molecule has 0 radical (unpaired) electrons. The molecule has 1 heterocycles. The number of aromatic nitrogens is 2. The fraction of sp³-hybridized carbons (Fsp3) is 0.727. The molecule has 0 aromatic carbocycles. The molecule has 0 bridgehead atoms. The number of aromatic amines is 1. The van der Waals surface area contributed by atoms with E-state index in [2.05, 4.69) is 33.7 Å². The summed E-state index contributed by atoms with van der Waals surface area (Å²) >= 11 is 0. The summed E-state index contributed by atoms with van der Waals surface area (Å²) in [5, 5.41) is 6.26. The molecule has 19 heavy (non-hydrogen) atoms. The summed E-state index contributed by atoms with van der Waals surface area (Å²) in [6, 6.07) is 0. The Labute approximate surface area is 114 Å². The van der Waals surface area contributed by atoms with Gasteiger partial charge in [0.25, 0.3) is 10.0 Å². The van der Waals surface area contributed by atoms with Crippen molar-refractivity contribution in [2.75, 3.05) is 26.2 Å². The molecule has 0 aliphatic heterocycles. The second kappa shape index (κ2) is 7.59. The van der Waals surface area contributed by atoms with Crippen molar-refractivity contribution in [3.8, 4) is 0 Å². The lowest BCUT2D eigenvalue weighted by molar-refractivity contribution is 0.293. The Balaban J connectivity index is 2.56. The number of sulfonamides is 1. The lowest BCUT2D eigenvalue weighted by Crippen LogP contribution is -2.35. The molecule has 4 N–H and O–H groups in total. The molecule has 0 unspecified atom stereocenters. The average molecular weight is 289 g/mol. The Bertz CT molecular complexity index is 471. The zero-order chi connectivity index (χ0) is 14.3. The van der Waals surface area contributed by atoms with Gasteiger partial charge in [0, 0.05) is 25.2 Å². The number of likely N-dealkylation sites (N-methyl/N-ethyl adjacent to an activating group) is 1. The SMILES string of the molecule is CCCN(CC)CCNS(=O)(=O)c1[nH]ncc1CN. The van der Waals surface area contributed by atoms with Crippen LogP contribution in [0, 0.1) is 0 Å². The standard InChI is InChI=1S/C11H23N5O2S/c1-3-6-16(4-2)7-5-14-19(17,18)11-10(8-12)9-13-15-11/h9,14H,3-8,12H2,1-2H3,(H,13,15). The minimum atomic E-state index is -3.55. The maximum Gasteiger partial charge on any atom is 0.257 e. The van der Waals surface area contributed by atoms with Crippen molar-refractivity contribution in [2.45, 2.75) is 31.8 Å². The van der Waals surface area contributed by atoms with E-state index >= 15 is 0 Å². The molecule has 0 aliphatic carbocycles. The Hall–Kier alpha value is -0.960. The fourth-order valence-electron chi connectivity index (χ4n) is 1.83. The second-order valence-electron chi connectivity index (χ2n) is 4.26. The van der Waals surface area contributed by atoms with Gasteiger partial charge in [-0.2, -0.15) is 5.10 Å². The van der Waals surface area contributed by atoms with Gasteiger partial charge in [0.2, 0.25) is 0 Å². The summed E-state index contributed by atoms with van der Waals surface area (Å²) in [4.78, 5) is 2.19. The molecule has 1 rings (SSSR count). The van der Waals surface area contributed by atoms with Gasteiger partial charge < -0.3 is 10.6 Å². The average Bonchev–Trinajstić information content (AvgIpc) is 2.86. The molecule has 1 aromatic heterocycles. The molecular formula is C11H23N5O2S. The molecule has 0 amide bonds. The summed E-state index contributed by atoms with van der Waals surface area (Å²) in [7, 11) is -3.55. The van der Waals surface area contributed by atoms with Gasteiger partial charge in [0.1, 0.15) is 0 Å². The molecule has 0 atom stereocenters. The second-order valence-corrected chi connectivity index (χ2v) is 5.96. The molecule has 0 saturated heterocycles. The maximum atomic E-state index is 12.0. The van der Waals surface area contributed by atoms with Crippen LogP contribution in [0.15, 0.2) is 11.2 Å². The van der Waals surface area contributed by atoms with Gasteiger partial charge in [0.15, 0.2) is 5.03 Å². The van der Waals surface area contributed by atoms with Gasteiger partial charge in [-0.3, -0.25) is 5.10 Å². The van der Waals surface area contributed by atoms with E-state index in [1.54, 1.807) is 0 Å². The lowest BCUT2D eigenvalue weighted by Gasteiger charge is -2.19. The Kier molecular flexibility index (Phi) is 6.43. The van der Waals surface area contributed by atoms with Crippen molar-refractivity contribution in [1.82, 2.24) is 19.8 Å². The van der Waals surface area contributed by atoms with E-state index in [0.717, 1.165) is 19.5 Å². The van der Waals surface area contributed by atoms with Crippen LogP contribution >= 0.6 is 0 Å². The third-order valence-electron chi connectivity index (χ3n) is 2.87. The van der Waals surface area contributed by atoms with E-state index in [-0.39, 0.29) is 11.6 Å². The van der Waals surface area contributed by atoms with E-state index in [0.29, 0.717) is 18.7 Å². The summed E-state index contributed by atoms with van der Waals surface area (Å²) in [5.74, 6) is 0. The predicted octanol–water partition coefficient (Wildman–Crippen LogP) is -0.121. The van der Waals surface area contributed by atoms with Crippen LogP contribution in [-0.2, 0) is 16.6 Å². The number of nitrogens with zero attached hydrogens (tertiary/aromatic N) is 2. The highest BCUT2D eigenvalue weighted by Gasteiger charge is 2.19. The third-order valence-corrected chi connectivity index (χ3v) is 4.35. The van der Waals surface area contributed by atoms with Crippen molar-refractivity contribution in [2.24, 2.45) is 5.73 Å². The number of nitrogens with one attached hydrogen (secondary N) is 2. The van der Waals surface area contributed by atoms with Crippen LogP contribution in [0.5, 0.6) is 0 Å². The van der Waals surface area contributed by atoms with Gasteiger partial charge in [0.05, 0.1) is 6.20 Å². The zero-order valence-electron chi connectivity index (χ0n) is 11.5. The highest BCUT2D eigenvalue weighted by Crippen LogP contribution is 2.10. The van der Waals surface area contributed by atoms with Crippen molar-refractivity contribution >= 4 is 10.0 Å². The van der Waals surface area contributed by atoms with Crippen LogP contribution in [0.1, 0.15) is 25.8 Å². The third kappa shape index (κ3) is 4.57. The highest BCUT2D eigenvalue weighted by atomic mass is 32.2. The normalized spacial score (nSPS) is 12.2. The number of H-pyrrole nitrogens is 1. The molecule has 0 aliphatic rings. The maximum absolute atomic E-state index is 12.0. The Morgan fingerprint density at radius 3 is 2.74 bits per heavy atom. The largest absolute Gasteiger partial charge is 0.326 e. The lowest BCUT2D eigenvalue weighted by atomic mass is 10.4. The molecule has 0 fully saturated rings. The number of nitrogens with two attached hydrogens (primary N) is 1. The first-order valence-corrected chi connectivity index (χ1v) is 7.97. The summed E-state index contributed by atoms with van der Waals surface area (Å²) in [6.07, 6.45) is 2.49. The molecule has 8 heteroatoms. The van der Waals surface area contributed by atoms with Gasteiger partial charge in [-0.05, 0) is 19.5 Å². The minimum absolute atomic E-state index is 0.0635. The zero-order valence-corrected chi connectivity index (χ0v) is 12.3.